The molecule has 0 spiro atoms. The maximum Gasteiger partial charge on any atom is 0.251 e. The summed E-state index contributed by atoms with van der Waals surface area (Å²) in [5.74, 6) is -0.272. The molecule has 2 atom stereocenters. The molecule has 0 radical (unpaired) electrons. The van der Waals surface area contributed by atoms with Crippen LogP contribution in [-0.2, 0) is 27.3 Å². The van der Waals surface area contributed by atoms with Crippen LogP contribution in [0.2, 0.25) is 0 Å². The van der Waals surface area contributed by atoms with Crippen molar-refractivity contribution in [1.82, 2.24) is 15.6 Å². The molecule has 0 unspecified atom stereocenters. The third-order valence-electron chi connectivity index (χ3n) is 7.48. The van der Waals surface area contributed by atoms with Crippen molar-refractivity contribution in [1.29, 1.82) is 0 Å². The fourth-order valence-electron chi connectivity index (χ4n) is 5.13. The van der Waals surface area contributed by atoms with Gasteiger partial charge in [-0.05, 0) is 67.2 Å². The number of amides is 3. The second-order valence-corrected chi connectivity index (χ2v) is 11.0. The summed E-state index contributed by atoms with van der Waals surface area (Å²) < 4.78 is 6.68. The molecule has 2 heterocycles. The van der Waals surface area contributed by atoms with Crippen molar-refractivity contribution < 1.29 is 19.1 Å². The molecular weight excluding hydrogens is 634 g/mol. The molecule has 0 bridgehead atoms. The lowest BCUT2D eigenvalue weighted by atomic mass is 10.0. The Hall–Kier alpha value is -3.99. The molecule has 1 aliphatic rings. The Balaban J connectivity index is 0.00000423. The number of methoxy groups -OCH3 is 1. The lowest BCUT2D eigenvalue weighted by Gasteiger charge is -2.27. The van der Waals surface area contributed by atoms with E-state index in [0.717, 1.165) is 20.8 Å². The maximum absolute atomic E-state index is 14.4. The molecule has 9 nitrogen and oxygen atoms in total. The van der Waals surface area contributed by atoms with E-state index in [1.807, 2.05) is 60.7 Å². The average molecular weight is 667 g/mol. The van der Waals surface area contributed by atoms with Crippen LogP contribution in [0, 0.1) is 0 Å². The van der Waals surface area contributed by atoms with Gasteiger partial charge in [-0.15, -0.1) is 12.4 Å². The number of hydrogen-bond acceptors (Lipinski definition) is 6. The van der Waals surface area contributed by atoms with Gasteiger partial charge in [-0.3, -0.25) is 19.4 Å². The highest BCUT2D eigenvalue weighted by Gasteiger charge is 2.37. The minimum Gasteiger partial charge on any atom is -0.496 e. The summed E-state index contributed by atoms with van der Waals surface area (Å²) in [5.41, 5.74) is 2.56. The Morgan fingerprint density at radius 3 is 2.51 bits per heavy atom. The molecule has 224 valence electrons. The number of pyridine rings is 1. The quantitative estimate of drug-likeness (QED) is 0.284. The highest BCUT2D eigenvalue weighted by atomic mass is 79.9. The standard InChI is InChI=1S/C32H32BrN5O4.ClH/c1-20(34-2)31(40)36-26-19-37(30(39)17-23-8-6-7-15-35-23)27-9-4-5-10-28(27)38(32(26)41)18-25-24-13-12-22(33)16-21(24)11-14-29(25)42-3;/h4-16,20,26,34H,17-19H2,1-3H3,(H,36,40);1H/t20-,26-;/m0./s1. The molecular formula is C32H33BrClN5O4. The largest absolute Gasteiger partial charge is 0.496 e. The fraction of sp³-hybridized carbons (Fsp3) is 0.250. The van der Waals surface area contributed by atoms with Crippen molar-refractivity contribution in [2.24, 2.45) is 0 Å². The number of para-hydroxylation sites is 2. The summed E-state index contributed by atoms with van der Waals surface area (Å²) >= 11 is 3.54. The number of anilines is 2. The van der Waals surface area contributed by atoms with Gasteiger partial charge in [-0.25, -0.2) is 0 Å². The van der Waals surface area contributed by atoms with Gasteiger partial charge in [-0.2, -0.15) is 0 Å². The molecule has 11 heteroatoms. The number of carbonyl (C=O) groups is 3. The minimum atomic E-state index is -0.997. The molecule has 0 saturated heterocycles. The monoisotopic (exact) mass is 665 g/mol. The van der Waals surface area contributed by atoms with Gasteiger partial charge >= 0.3 is 0 Å². The highest BCUT2D eigenvalue weighted by molar-refractivity contribution is 9.10. The van der Waals surface area contributed by atoms with E-state index < -0.39 is 12.1 Å². The van der Waals surface area contributed by atoms with Gasteiger partial charge in [0.05, 0.1) is 44.0 Å². The van der Waals surface area contributed by atoms with Crippen LogP contribution in [0.1, 0.15) is 18.2 Å². The van der Waals surface area contributed by atoms with Crippen molar-refractivity contribution >= 4 is 68.2 Å². The average Bonchev–Trinajstić information content (AvgIpc) is 3.11. The maximum atomic E-state index is 14.4. The summed E-state index contributed by atoms with van der Waals surface area (Å²) in [6.45, 7) is 1.85. The molecule has 0 aliphatic carbocycles. The third kappa shape index (κ3) is 6.82. The van der Waals surface area contributed by atoms with Gasteiger partial charge in [-0.1, -0.05) is 46.3 Å². The van der Waals surface area contributed by atoms with Gasteiger partial charge in [0.1, 0.15) is 11.8 Å². The van der Waals surface area contributed by atoms with E-state index in [1.165, 1.54) is 0 Å². The van der Waals surface area contributed by atoms with E-state index >= 15 is 0 Å². The van der Waals surface area contributed by atoms with Crippen molar-refractivity contribution in [3.05, 3.63) is 94.7 Å². The second kappa shape index (κ2) is 14.0. The number of fused-ring (bicyclic) bond motifs is 2. The van der Waals surface area contributed by atoms with Crippen molar-refractivity contribution in [2.45, 2.75) is 32.0 Å². The SMILES string of the molecule is CN[C@@H](C)C(=O)N[C@H]1CN(C(=O)Cc2ccccn2)c2ccccc2N(Cc2c(OC)ccc3cc(Br)ccc23)C1=O.Cl. The molecule has 5 rings (SSSR count). The molecule has 43 heavy (non-hydrogen) atoms. The number of likely N-dealkylation sites (N-methyl/N-ethyl adjacent to an activating group) is 1. The molecule has 1 aliphatic heterocycles. The molecule has 3 aromatic carbocycles. The van der Waals surface area contributed by atoms with E-state index in [2.05, 4.69) is 31.5 Å². The van der Waals surface area contributed by atoms with Crippen molar-refractivity contribution in [3.8, 4) is 5.75 Å². The van der Waals surface area contributed by atoms with Gasteiger partial charge in [0.2, 0.25) is 11.8 Å². The number of hydrogen-bond donors (Lipinski definition) is 2. The number of nitrogens with zero attached hydrogens (tertiary/aromatic N) is 3. The van der Waals surface area contributed by atoms with Crippen LogP contribution in [0.25, 0.3) is 10.8 Å². The summed E-state index contributed by atoms with van der Waals surface area (Å²) in [4.78, 5) is 48.7. The highest BCUT2D eigenvalue weighted by Crippen LogP contribution is 2.37. The predicted molar refractivity (Wildman–Crippen MR) is 174 cm³/mol. The number of carbonyl (C=O) groups excluding carboxylic acids is 3. The topological polar surface area (TPSA) is 104 Å². The second-order valence-electron chi connectivity index (χ2n) is 10.1. The molecule has 4 aromatic rings. The van der Waals surface area contributed by atoms with E-state index in [-0.39, 0.29) is 49.6 Å². The number of rotatable bonds is 8. The number of benzene rings is 3. The van der Waals surface area contributed by atoms with Crippen LogP contribution in [0.15, 0.2) is 83.5 Å². The minimum absolute atomic E-state index is 0. The van der Waals surface area contributed by atoms with Gasteiger partial charge in [0.15, 0.2) is 0 Å². The first kappa shape index (κ1) is 31.9. The Bertz CT molecular complexity index is 1640. The van der Waals surface area contributed by atoms with Gasteiger partial charge in [0.25, 0.3) is 5.91 Å². The summed E-state index contributed by atoms with van der Waals surface area (Å²) in [6.07, 6.45) is 1.69. The summed E-state index contributed by atoms with van der Waals surface area (Å²) in [5, 5.41) is 7.72. The summed E-state index contributed by atoms with van der Waals surface area (Å²) in [6, 6.07) is 21.0. The first-order valence-corrected chi connectivity index (χ1v) is 14.4. The van der Waals surface area contributed by atoms with Gasteiger partial charge in [0, 0.05) is 21.9 Å². The Morgan fingerprint density at radius 1 is 1.07 bits per heavy atom. The molecule has 0 saturated carbocycles. The van der Waals surface area contributed by atoms with Crippen molar-refractivity contribution in [3.63, 3.8) is 0 Å². The number of ether oxygens (including phenoxy) is 1. The normalized spacial score (nSPS) is 15.3. The van der Waals surface area contributed by atoms with E-state index in [9.17, 15) is 14.4 Å². The lowest BCUT2D eigenvalue weighted by molar-refractivity contribution is -0.128. The van der Waals surface area contributed by atoms with Crippen LogP contribution < -0.4 is 25.2 Å². The Labute approximate surface area is 265 Å². The van der Waals surface area contributed by atoms with Crippen LogP contribution >= 0.6 is 28.3 Å². The van der Waals surface area contributed by atoms with Crippen LogP contribution in [-0.4, -0.2) is 55.5 Å². The molecule has 1 aromatic heterocycles. The smallest absolute Gasteiger partial charge is 0.251 e. The van der Waals surface area contributed by atoms with Crippen LogP contribution in [0.4, 0.5) is 11.4 Å². The predicted octanol–water partition coefficient (Wildman–Crippen LogP) is 4.64. The number of halogens is 2. The summed E-state index contributed by atoms with van der Waals surface area (Å²) in [7, 11) is 3.27. The van der Waals surface area contributed by atoms with E-state index in [4.69, 9.17) is 4.74 Å². The Morgan fingerprint density at radius 2 is 1.81 bits per heavy atom. The number of aromatic nitrogens is 1. The zero-order valence-electron chi connectivity index (χ0n) is 24.0. The number of nitrogens with one attached hydrogen (secondary N) is 2. The third-order valence-corrected chi connectivity index (χ3v) is 7.97. The lowest BCUT2D eigenvalue weighted by Crippen LogP contribution is -2.55. The van der Waals surface area contributed by atoms with Crippen molar-refractivity contribution in [2.75, 3.05) is 30.5 Å². The van der Waals surface area contributed by atoms with Gasteiger partial charge < -0.3 is 25.2 Å². The fourth-order valence-corrected chi connectivity index (χ4v) is 5.51. The van der Waals surface area contributed by atoms with E-state index in [1.54, 1.807) is 49.2 Å². The first-order valence-electron chi connectivity index (χ1n) is 13.6. The molecule has 0 fully saturated rings. The molecule has 3 amide bonds. The zero-order chi connectivity index (χ0) is 29.8. The molecule has 2 N–H and O–H groups in total. The van der Waals surface area contributed by atoms with Crippen LogP contribution in [0.5, 0.6) is 5.75 Å². The van der Waals surface area contributed by atoms with E-state index in [0.29, 0.717) is 22.8 Å². The van der Waals surface area contributed by atoms with Crippen LogP contribution in [0.3, 0.4) is 0 Å². The zero-order valence-corrected chi connectivity index (χ0v) is 26.4. The first-order chi connectivity index (χ1) is 20.3. The Kier molecular flexibility index (Phi) is 10.4.